The van der Waals surface area contributed by atoms with E-state index in [1.807, 2.05) is 0 Å². The first-order valence-corrected chi connectivity index (χ1v) is 10.3. The molecule has 156 valence electrons. The van der Waals surface area contributed by atoms with Crippen LogP contribution >= 0.6 is 15.9 Å². The SMILES string of the molecule is COc1ccc(Cn2c(=O)c3cccnc3n(CC(=O)c3ccc(Br)cc3)c2=O)cc1. The summed E-state index contributed by atoms with van der Waals surface area (Å²) in [5.74, 6) is 0.424. The number of hydrogen-bond acceptors (Lipinski definition) is 5. The second-order valence-corrected chi connectivity index (χ2v) is 7.83. The molecule has 0 radical (unpaired) electrons. The third-order valence-electron chi connectivity index (χ3n) is 4.95. The lowest BCUT2D eigenvalue weighted by Crippen LogP contribution is -2.41. The third-order valence-corrected chi connectivity index (χ3v) is 5.48. The van der Waals surface area contributed by atoms with Crippen molar-refractivity contribution in [2.75, 3.05) is 7.11 Å². The summed E-state index contributed by atoms with van der Waals surface area (Å²) in [6.07, 6.45) is 1.50. The lowest BCUT2D eigenvalue weighted by atomic mass is 10.1. The Morgan fingerprint density at radius 1 is 1.00 bits per heavy atom. The average molecular weight is 480 g/mol. The molecule has 2 aromatic heterocycles. The number of pyridine rings is 1. The maximum atomic E-state index is 13.3. The highest BCUT2D eigenvalue weighted by molar-refractivity contribution is 9.10. The molecule has 2 aromatic carbocycles. The molecule has 2 heterocycles. The Balaban J connectivity index is 1.80. The Labute approximate surface area is 185 Å². The Kier molecular flexibility index (Phi) is 5.81. The van der Waals surface area contributed by atoms with E-state index in [9.17, 15) is 14.4 Å². The van der Waals surface area contributed by atoms with E-state index >= 15 is 0 Å². The van der Waals surface area contributed by atoms with Gasteiger partial charge in [-0.3, -0.25) is 18.7 Å². The van der Waals surface area contributed by atoms with Crippen molar-refractivity contribution >= 4 is 32.7 Å². The minimum absolute atomic E-state index is 0.0684. The molecule has 0 fully saturated rings. The van der Waals surface area contributed by atoms with Crippen LogP contribution in [0.15, 0.2) is 80.9 Å². The van der Waals surface area contributed by atoms with Crippen molar-refractivity contribution < 1.29 is 9.53 Å². The molecule has 0 aliphatic carbocycles. The van der Waals surface area contributed by atoms with Gasteiger partial charge < -0.3 is 4.74 Å². The number of hydrogen-bond donors (Lipinski definition) is 0. The molecule has 0 saturated carbocycles. The quantitative estimate of drug-likeness (QED) is 0.396. The van der Waals surface area contributed by atoms with Gasteiger partial charge in [-0.1, -0.05) is 40.2 Å². The van der Waals surface area contributed by atoms with Crippen molar-refractivity contribution in [2.45, 2.75) is 13.1 Å². The van der Waals surface area contributed by atoms with Crippen LogP contribution in [-0.2, 0) is 13.1 Å². The zero-order valence-electron chi connectivity index (χ0n) is 16.6. The Morgan fingerprint density at radius 3 is 2.39 bits per heavy atom. The summed E-state index contributed by atoms with van der Waals surface area (Å²) in [5.41, 5.74) is 0.379. The summed E-state index contributed by atoms with van der Waals surface area (Å²) in [4.78, 5) is 43.3. The number of nitrogens with zero attached hydrogens (tertiary/aromatic N) is 3. The molecule has 0 atom stereocenters. The Hall–Kier alpha value is -3.52. The van der Waals surface area contributed by atoms with Gasteiger partial charge in [-0.15, -0.1) is 0 Å². The van der Waals surface area contributed by atoms with Gasteiger partial charge >= 0.3 is 5.69 Å². The summed E-state index contributed by atoms with van der Waals surface area (Å²) in [5, 5.41) is 0.277. The van der Waals surface area contributed by atoms with Crippen LogP contribution in [-0.4, -0.2) is 27.0 Å². The first-order valence-electron chi connectivity index (χ1n) is 9.48. The van der Waals surface area contributed by atoms with Crippen molar-refractivity contribution in [1.29, 1.82) is 0 Å². The highest BCUT2D eigenvalue weighted by Crippen LogP contribution is 2.14. The van der Waals surface area contributed by atoms with E-state index in [0.29, 0.717) is 11.3 Å². The summed E-state index contributed by atoms with van der Waals surface area (Å²) < 4.78 is 8.38. The van der Waals surface area contributed by atoms with Crippen LogP contribution in [0.1, 0.15) is 15.9 Å². The molecule has 8 heteroatoms. The van der Waals surface area contributed by atoms with Gasteiger partial charge in [0.2, 0.25) is 0 Å². The highest BCUT2D eigenvalue weighted by Gasteiger charge is 2.17. The van der Waals surface area contributed by atoms with Crippen LogP contribution in [0.4, 0.5) is 0 Å². The van der Waals surface area contributed by atoms with Gasteiger partial charge in [0.1, 0.15) is 11.4 Å². The predicted octanol–water partition coefficient (Wildman–Crippen LogP) is 3.26. The zero-order valence-corrected chi connectivity index (χ0v) is 18.2. The second-order valence-electron chi connectivity index (χ2n) is 6.91. The minimum atomic E-state index is -0.586. The fourth-order valence-electron chi connectivity index (χ4n) is 3.31. The molecular weight excluding hydrogens is 462 g/mol. The summed E-state index contributed by atoms with van der Waals surface area (Å²) in [6.45, 7) is -0.157. The standard InChI is InChI=1S/C23H18BrN3O4/c1-31-18-10-4-15(5-11-18)13-27-22(29)19-3-2-12-25-21(19)26(23(27)30)14-20(28)16-6-8-17(24)9-7-16/h2-12H,13-14H2,1H3. The molecule has 0 unspecified atom stereocenters. The maximum absolute atomic E-state index is 13.3. The maximum Gasteiger partial charge on any atom is 0.333 e. The number of benzene rings is 2. The molecule has 0 spiro atoms. The topological polar surface area (TPSA) is 83.2 Å². The normalized spacial score (nSPS) is 10.9. The first-order chi connectivity index (χ1) is 15.0. The van der Waals surface area contributed by atoms with Gasteiger partial charge in [-0.05, 0) is 42.0 Å². The van der Waals surface area contributed by atoms with E-state index in [1.54, 1.807) is 67.8 Å². The van der Waals surface area contributed by atoms with E-state index in [2.05, 4.69) is 20.9 Å². The number of halogens is 1. The largest absolute Gasteiger partial charge is 0.497 e. The molecule has 31 heavy (non-hydrogen) atoms. The van der Waals surface area contributed by atoms with E-state index < -0.39 is 11.2 Å². The van der Waals surface area contributed by atoms with E-state index in [1.165, 1.54) is 10.8 Å². The molecule has 0 saturated heterocycles. The lowest BCUT2D eigenvalue weighted by molar-refractivity contribution is 0.0971. The number of ether oxygens (including phenoxy) is 1. The van der Waals surface area contributed by atoms with Crippen LogP contribution < -0.4 is 16.0 Å². The number of fused-ring (bicyclic) bond motifs is 1. The van der Waals surface area contributed by atoms with Crippen molar-refractivity contribution in [2.24, 2.45) is 0 Å². The highest BCUT2D eigenvalue weighted by atomic mass is 79.9. The second kappa shape index (κ2) is 8.69. The van der Waals surface area contributed by atoms with Crippen LogP contribution in [0.25, 0.3) is 11.0 Å². The van der Waals surface area contributed by atoms with Crippen LogP contribution in [0.2, 0.25) is 0 Å². The van der Waals surface area contributed by atoms with Gasteiger partial charge in [0.15, 0.2) is 5.78 Å². The summed E-state index contributed by atoms with van der Waals surface area (Å²) in [6, 6.07) is 17.2. The van der Waals surface area contributed by atoms with Crippen molar-refractivity contribution in [1.82, 2.24) is 14.1 Å². The number of Topliss-reactive ketones (excluding diaryl/α,β-unsaturated/α-hetero) is 1. The van der Waals surface area contributed by atoms with E-state index in [-0.39, 0.29) is 29.9 Å². The number of ketones is 1. The van der Waals surface area contributed by atoms with Gasteiger partial charge in [-0.25, -0.2) is 9.78 Å². The Bertz CT molecular complexity index is 1370. The van der Waals surface area contributed by atoms with Crippen LogP contribution in [0.3, 0.4) is 0 Å². The summed E-state index contributed by atoms with van der Waals surface area (Å²) >= 11 is 3.34. The third kappa shape index (κ3) is 4.20. The van der Waals surface area contributed by atoms with Crippen LogP contribution in [0.5, 0.6) is 5.75 Å². The van der Waals surface area contributed by atoms with Gasteiger partial charge in [0.25, 0.3) is 5.56 Å². The fraction of sp³-hybridized carbons (Fsp3) is 0.130. The monoisotopic (exact) mass is 479 g/mol. The molecule has 7 nitrogen and oxygen atoms in total. The van der Waals surface area contributed by atoms with Crippen LogP contribution in [0, 0.1) is 0 Å². The predicted molar refractivity (Wildman–Crippen MR) is 121 cm³/mol. The molecule has 0 N–H and O–H groups in total. The molecule has 0 bridgehead atoms. The van der Waals surface area contributed by atoms with Crippen molar-refractivity contribution in [3.8, 4) is 5.75 Å². The number of carbonyl (C=O) groups excluding carboxylic acids is 1. The molecule has 0 aliphatic heterocycles. The number of rotatable bonds is 6. The summed E-state index contributed by atoms with van der Waals surface area (Å²) in [7, 11) is 1.57. The fourth-order valence-corrected chi connectivity index (χ4v) is 3.58. The minimum Gasteiger partial charge on any atom is -0.497 e. The number of aromatic nitrogens is 3. The molecule has 0 aliphatic rings. The number of carbonyl (C=O) groups is 1. The molecular formula is C23H18BrN3O4. The van der Waals surface area contributed by atoms with Crippen molar-refractivity contribution in [3.05, 3.63) is 103 Å². The Morgan fingerprint density at radius 2 is 1.71 bits per heavy atom. The average Bonchev–Trinajstić information content (AvgIpc) is 2.80. The van der Waals surface area contributed by atoms with Crippen molar-refractivity contribution in [3.63, 3.8) is 0 Å². The lowest BCUT2D eigenvalue weighted by Gasteiger charge is -2.13. The van der Waals surface area contributed by atoms with E-state index in [0.717, 1.165) is 14.6 Å². The van der Waals surface area contributed by atoms with Gasteiger partial charge in [-0.2, -0.15) is 0 Å². The van der Waals surface area contributed by atoms with Gasteiger partial charge in [0.05, 0.1) is 25.6 Å². The zero-order chi connectivity index (χ0) is 22.0. The smallest absolute Gasteiger partial charge is 0.333 e. The molecule has 4 aromatic rings. The molecule has 0 amide bonds. The van der Waals surface area contributed by atoms with E-state index in [4.69, 9.17) is 4.74 Å². The van der Waals surface area contributed by atoms with Gasteiger partial charge in [0, 0.05) is 16.2 Å². The first kappa shape index (κ1) is 20.7. The number of methoxy groups -OCH3 is 1. The molecule has 4 rings (SSSR count).